The molecular formula is C13H23N3O5. The lowest BCUT2D eigenvalue weighted by Gasteiger charge is -2.24. The number of carboxylic acids is 1. The van der Waals surface area contributed by atoms with Gasteiger partial charge in [0.05, 0.1) is 6.54 Å². The minimum atomic E-state index is -1.22. The molecule has 8 nitrogen and oxygen atoms in total. The Kier molecular flexibility index (Phi) is 5.54. The van der Waals surface area contributed by atoms with Gasteiger partial charge in [-0.05, 0) is 33.2 Å². The van der Waals surface area contributed by atoms with Gasteiger partial charge in [0.25, 0.3) is 0 Å². The first-order valence-corrected chi connectivity index (χ1v) is 6.82. The summed E-state index contributed by atoms with van der Waals surface area (Å²) in [6.45, 7) is 5.73. The Labute approximate surface area is 123 Å². The highest BCUT2D eigenvalue weighted by atomic mass is 16.6. The summed E-state index contributed by atoms with van der Waals surface area (Å²) in [6.07, 6.45) is -0.508. The molecule has 0 aromatic carbocycles. The summed E-state index contributed by atoms with van der Waals surface area (Å²) in [5.74, 6) is -1.33. The van der Waals surface area contributed by atoms with E-state index >= 15 is 0 Å². The van der Waals surface area contributed by atoms with E-state index in [-0.39, 0.29) is 18.4 Å². The van der Waals surface area contributed by atoms with Crippen LogP contribution in [0.3, 0.4) is 0 Å². The molecule has 1 rings (SSSR count). The van der Waals surface area contributed by atoms with Crippen molar-refractivity contribution in [2.24, 2.45) is 11.7 Å². The Balaban J connectivity index is 2.60. The second-order valence-electron chi connectivity index (χ2n) is 6.14. The van der Waals surface area contributed by atoms with Gasteiger partial charge in [-0.25, -0.2) is 9.59 Å². The third-order valence-electron chi connectivity index (χ3n) is 3.02. The SMILES string of the molecule is CC(C)(C)OC(=O)NC(CN1CC(CN)CC1=O)C(=O)O. The molecule has 0 saturated carbocycles. The number of hydrogen-bond donors (Lipinski definition) is 3. The minimum Gasteiger partial charge on any atom is -0.480 e. The van der Waals surface area contributed by atoms with Crippen molar-refractivity contribution in [3.8, 4) is 0 Å². The van der Waals surface area contributed by atoms with Gasteiger partial charge in [-0.3, -0.25) is 4.79 Å². The Morgan fingerprint density at radius 2 is 2.14 bits per heavy atom. The van der Waals surface area contributed by atoms with Gasteiger partial charge in [0, 0.05) is 13.0 Å². The molecule has 8 heteroatoms. The van der Waals surface area contributed by atoms with Crippen molar-refractivity contribution in [1.82, 2.24) is 10.2 Å². The summed E-state index contributed by atoms with van der Waals surface area (Å²) >= 11 is 0. The summed E-state index contributed by atoms with van der Waals surface area (Å²) in [5, 5.41) is 11.4. The number of alkyl carbamates (subject to hydrolysis) is 1. The van der Waals surface area contributed by atoms with E-state index < -0.39 is 23.7 Å². The Bertz CT molecular complexity index is 419. The molecule has 2 atom stereocenters. The molecular weight excluding hydrogens is 278 g/mol. The zero-order chi connectivity index (χ0) is 16.2. The quantitative estimate of drug-likeness (QED) is 0.645. The van der Waals surface area contributed by atoms with Gasteiger partial charge < -0.3 is 25.8 Å². The molecule has 120 valence electrons. The largest absolute Gasteiger partial charge is 0.480 e. The number of nitrogens with zero attached hydrogens (tertiary/aromatic N) is 1. The number of nitrogens with two attached hydrogens (primary N) is 1. The van der Waals surface area contributed by atoms with Crippen molar-refractivity contribution in [1.29, 1.82) is 0 Å². The molecule has 0 spiro atoms. The van der Waals surface area contributed by atoms with Gasteiger partial charge >= 0.3 is 12.1 Å². The summed E-state index contributed by atoms with van der Waals surface area (Å²) in [5.41, 5.74) is 4.79. The second kappa shape index (κ2) is 6.75. The van der Waals surface area contributed by atoms with E-state index in [9.17, 15) is 14.4 Å². The van der Waals surface area contributed by atoms with E-state index in [0.717, 1.165) is 0 Å². The van der Waals surface area contributed by atoms with Crippen LogP contribution < -0.4 is 11.1 Å². The summed E-state index contributed by atoms with van der Waals surface area (Å²) < 4.78 is 5.02. The predicted octanol–water partition coefficient (Wildman–Crippen LogP) is -0.228. The lowest BCUT2D eigenvalue weighted by Crippen LogP contribution is -2.50. The Hall–Kier alpha value is -1.83. The maximum Gasteiger partial charge on any atom is 0.408 e. The van der Waals surface area contributed by atoms with E-state index in [2.05, 4.69) is 5.32 Å². The highest BCUT2D eigenvalue weighted by Crippen LogP contribution is 2.16. The van der Waals surface area contributed by atoms with Crippen LogP contribution in [0, 0.1) is 5.92 Å². The fourth-order valence-electron chi connectivity index (χ4n) is 2.04. The molecule has 1 aliphatic rings. The standard InChI is InChI=1S/C13H23N3O5/c1-13(2,3)21-12(20)15-9(11(18)19)7-16-6-8(5-14)4-10(16)17/h8-9H,4-7,14H2,1-3H3,(H,15,20)(H,18,19). The Morgan fingerprint density at radius 3 is 2.57 bits per heavy atom. The van der Waals surface area contributed by atoms with Crippen molar-refractivity contribution < 1.29 is 24.2 Å². The van der Waals surface area contributed by atoms with Crippen molar-refractivity contribution in [2.75, 3.05) is 19.6 Å². The maximum absolute atomic E-state index is 11.7. The van der Waals surface area contributed by atoms with Crippen LogP contribution in [0.5, 0.6) is 0 Å². The first-order valence-electron chi connectivity index (χ1n) is 6.82. The van der Waals surface area contributed by atoms with Crippen LogP contribution in [0.25, 0.3) is 0 Å². The summed E-state index contributed by atoms with van der Waals surface area (Å²) in [4.78, 5) is 36.0. The van der Waals surface area contributed by atoms with Crippen molar-refractivity contribution in [2.45, 2.75) is 38.8 Å². The van der Waals surface area contributed by atoms with Gasteiger partial charge in [-0.2, -0.15) is 0 Å². The van der Waals surface area contributed by atoms with Crippen LogP contribution >= 0.6 is 0 Å². The second-order valence-corrected chi connectivity index (χ2v) is 6.14. The van der Waals surface area contributed by atoms with Crippen LogP contribution in [0.2, 0.25) is 0 Å². The van der Waals surface area contributed by atoms with Gasteiger partial charge in [-0.15, -0.1) is 0 Å². The van der Waals surface area contributed by atoms with Crippen molar-refractivity contribution in [3.63, 3.8) is 0 Å². The Morgan fingerprint density at radius 1 is 1.52 bits per heavy atom. The van der Waals surface area contributed by atoms with E-state index in [4.69, 9.17) is 15.6 Å². The number of carboxylic acid groups (broad SMARTS) is 1. The van der Waals surface area contributed by atoms with E-state index in [0.29, 0.717) is 19.5 Å². The molecule has 0 aromatic heterocycles. The molecule has 1 heterocycles. The minimum absolute atomic E-state index is 0.0356. The van der Waals surface area contributed by atoms with E-state index in [1.54, 1.807) is 20.8 Å². The molecule has 1 saturated heterocycles. The number of carbonyl (C=O) groups is 3. The van der Waals surface area contributed by atoms with Crippen LogP contribution in [0.15, 0.2) is 0 Å². The zero-order valence-electron chi connectivity index (χ0n) is 12.6. The molecule has 0 aromatic rings. The number of nitrogens with one attached hydrogen (secondary N) is 1. The molecule has 0 bridgehead atoms. The van der Waals surface area contributed by atoms with Gasteiger partial charge in [0.1, 0.15) is 11.6 Å². The molecule has 1 aliphatic heterocycles. The van der Waals surface area contributed by atoms with Crippen LogP contribution in [0.4, 0.5) is 4.79 Å². The number of ether oxygens (including phenoxy) is 1. The normalized spacial score (nSPS) is 20.3. The molecule has 0 aliphatic carbocycles. The highest BCUT2D eigenvalue weighted by Gasteiger charge is 2.33. The van der Waals surface area contributed by atoms with Crippen LogP contribution in [-0.4, -0.2) is 59.3 Å². The third-order valence-corrected chi connectivity index (χ3v) is 3.02. The number of aliphatic carboxylic acids is 1. The fourth-order valence-corrected chi connectivity index (χ4v) is 2.04. The van der Waals surface area contributed by atoms with Gasteiger partial charge in [0.2, 0.25) is 5.91 Å². The molecule has 4 N–H and O–H groups in total. The molecule has 21 heavy (non-hydrogen) atoms. The predicted molar refractivity (Wildman–Crippen MR) is 74.5 cm³/mol. The average Bonchev–Trinajstić information content (AvgIpc) is 2.66. The average molecular weight is 301 g/mol. The zero-order valence-corrected chi connectivity index (χ0v) is 12.6. The lowest BCUT2D eigenvalue weighted by atomic mass is 10.1. The topological polar surface area (TPSA) is 122 Å². The maximum atomic E-state index is 11.7. The van der Waals surface area contributed by atoms with Gasteiger partial charge in [0.15, 0.2) is 0 Å². The van der Waals surface area contributed by atoms with Crippen LogP contribution in [-0.2, 0) is 14.3 Å². The third kappa shape index (κ3) is 5.58. The fraction of sp³-hybridized carbons (Fsp3) is 0.769. The van der Waals surface area contributed by atoms with E-state index in [1.807, 2.05) is 0 Å². The monoisotopic (exact) mass is 301 g/mol. The first-order chi connectivity index (χ1) is 9.62. The molecule has 2 amide bonds. The lowest BCUT2D eigenvalue weighted by molar-refractivity contribution is -0.140. The van der Waals surface area contributed by atoms with E-state index in [1.165, 1.54) is 4.90 Å². The number of likely N-dealkylation sites (tertiary alicyclic amines) is 1. The smallest absolute Gasteiger partial charge is 0.408 e. The van der Waals surface area contributed by atoms with Crippen molar-refractivity contribution in [3.05, 3.63) is 0 Å². The number of carbonyl (C=O) groups excluding carboxylic acids is 2. The summed E-state index contributed by atoms with van der Waals surface area (Å²) in [6, 6.07) is -1.21. The number of hydrogen-bond acceptors (Lipinski definition) is 5. The number of amides is 2. The first kappa shape index (κ1) is 17.2. The molecule has 2 unspecified atom stereocenters. The van der Waals surface area contributed by atoms with Gasteiger partial charge in [-0.1, -0.05) is 0 Å². The van der Waals surface area contributed by atoms with Crippen LogP contribution in [0.1, 0.15) is 27.2 Å². The molecule has 1 fully saturated rings. The number of rotatable bonds is 5. The highest BCUT2D eigenvalue weighted by molar-refractivity contribution is 5.83. The molecule has 0 radical (unpaired) electrons. The summed E-state index contributed by atoms with van der Waals surface area (Å²) in [7, 11) is 0. The van der Waals surface area contributed by atoms with Crippen molar-refractivity contribution >= 4 is 18.0 Å².